The minimum atomic E-state index is -4.48. The number of alkyl halides is 3. The van der Waals surface area contributed by atoms with Gasteiger partial charge in [0, 0.05) is 34.6 Å². The predicted octanol–water partition coefficient (Wildman–Crippen LogP) is 6.16. The quantitative estimate of drug-likeness (QED) is 0.273. The number of aromatic nitrogens is 3. The van der Waals surface area contributed by atoms with Crippen molar-refractivity contribution in [3.63, 3.8) is 0 Å². The number of halogens is 4. The normalized spacial score (nSPS) is 11.6. The van der Waals surface area contributed by atoms with E-state index >= 15 is 0 Å². The van der Waals surface area contributed by atoms with Crippen LogP contribution in [0.5, 0.6) is 5.75 Å². The number of rotatable bonds is 6. The summed E-state index contributed by atoms with van der Waals surface area (Å²) in [5.41, 5.74) is 1.76. The second-order valence-corrected chi connectivity index (χ2v) is 7.63. The lowest BCUT2D eigenvalue weighted by Gasteiger charge is -2.08. The number of aromatic amines is 1. The van der Waals surface area contributed by atoms with Gasteiger partial charge in [-0.1, -0.05) is 0 Å². The molecule has 2 heterocycles. The van der Waals surface area contributed by atoms with Gasteiger partial charge in [-0.3, -0.25) is 4.98 Å². The summed E-state index contributed by atoms with van der Waals surface area (Å²) in [6.07, 6.45) is -3.34. The van der Waals surface area contributed by atoms with Gasteiger partial charge in [0.05, 0.1) is 23.9 Å². The monoisotopic (exact) mass is 448 g/mol. The summed E-state index contributed by atoms with van der Waals surface area (Å²) in [5, 5.41) is 3.11. The number of pyridine rings is 1. The van der Waals surface area contributed by atoms with Gasteiger partial charge in [-0.2, -0.15) is 13.2 Å². The van der Waals surface area contributed by atoms with Crippen LogP contribution in [-0.2, 0) is 11.9 Å². The molecule has 0 unspecified atom stereocenters. The number of anilines is 2. The smallest absolute Gasteiger partial charge is 0.433 e. The van der Waals surface area contributed by atoms with Crippen LogP contribution in [0.15, 0.2) is 59.6 Å². The molecule has 5 nitrogen and oxygen atoms in total. The van der Waals surface area contributed by atoms with Gasteiger partial charge in [0.2, 0.25) is 0 Å². The summed E-state index contributed by atoms with van der Waals surface area (Å²) in [6, 6.07) is 12.3. The lowest BCUT2D eigenvalue weighted by Crippen LogP contribution is -2.07. The van der Waals surface area contributed by atoms with Crippen molar-refractivity contribution in [2.24, 2.45) is 0 Å². The molecule has 0 radical (unpaired) electrons. The zero-order valence-electron chi connectivity index (χ0n) is 16.1. The van der Waals surface area contributed by atoms with E-state index in [1.807, 2.05) is 12.1 Å². The molecule has 0 bridgehead atoms. The first-order chi connectivity index (χ1) is 14.8. The maximum absolute atomic E-state index is 13.7. The lowest BCUT2D eigenvalue weighted by molar-refractivity contribution is -0.141. The van der Waals surface area contributed by atoms with E-state index < -0.39 is 17.7 Å². The van der Waals surface area contributed by atoms with E-state index in [4.69, 9.17) is 4.74 Å². The molecule has 0 saturated heterocycles. The van der Waals surface area contributed by atoms with Gasteiger partial charge in [-0.15, -0.1) is 11.8 Å². The van der Waals surface area contributed by atoms with Crippen molar-refractivity contribution in [3.8, 4) is 5.75 Å². The number of fused-ring (bicyclic) bond motifs is 1. The van der Waals surface area contributed by atoms with E-state index in [0.717, 1.165) is 17.8 Å². The molecule has 0 fully saturated rings. The predicted molar refractivity (Wildman–Crippen MR) is 111 cm³/mol. The first-order valence-electron chi connectivity index (χ1n) is 9.06. The fourth-order valence-corrected chi connectivity index (χ4v) is 3.72. The summed E-state index contributed by atoms with van der Waals surface area (Å²) in [7, 11) is 1.46. The number of nitrogens with zero attached hydrogens (tertiary/aromatic N) is 2. The Hall–Kier alpha value is -3.27. The largest absolute Gasteiger partial charge is 0.497 e. The van der Waals surface area contributed by atoms with E-state index in [2.05, 4.69) is 20.3 Å². The maximum Gasteiger partial charge on any atom is 0.433 e. The Morgan fingerprint density at radius 2 is 1.90 bits per heavy atom. The molecule has 2 aromatic carbocycles. The van der Waals surface area contributed by atoms with Crippen LogP contribution in [0.1, 0.15) is 11.5 Å². The van der Waals surface area contributed by atoms with Gasteiger partial charge >= 0.3 is 6.18 Å². The summed E-state index contributed by atoms with van der Waals surface area (Å²) in [5.74, 6) is 0.953. The Morgan fingerprint density at radius 3 is 2.68 bits per heavy atom. The minimum absolute atomic E-state index is 0.361. The second kappa shape index (κ2) is 8.46. The third-order valence-corrected chi connectivity index (χ3v) is 5.33. The molecule has 10 heteroatoms. The van der Waals surface area contributed by atoms with Gasteiger partial charge in [0.15, 0.2) is 0 Å². The lowest BCUT2D eigenvalue weighted by atomic mass is 10.2. The number of imidazole rings is 1. The van der Waals surface area contributed by atoms with Crippen molar-refractivity contribution in [1.29, 1.82) is 0 Å². The average molecular weight is 448 g/mol. The van der Waals surface area contributed by atoms with Gasteiger partial charge in [0.1, 0.15) is 23.1 Å². The van der Waals surface area contributed by atoms with Crippen LogP contribution in [-0.4, -0.2) is 22.1 Å². The topological polar surface area (TPSA) is 62.8 Å². The Kier molecular flexibility index (Phi) is 5.73. The van der Waals surface area contributed by atoms with Crippen molar-refractivity contribution in [1.82, 2.24) is 15.0 Å². The molecule has 2 aromatic heterocycles. The second-order valence-electron chi connectivity index (χ2n) is 6.58. The Bertz CT molecular complexity index is 1230. The summed E-state index contributed by atoms with van der Waals surface area (Å²) in [4.78, 5) is 11.5. The zero-order chi connectivity index (χ0) is 22.0. The number of hydrogen-bond donors (Lipinski definition) is 2. The molecule has 0 amide bonds. The molecule has 2 N–H and O–H groups in total. The number of thioether (sulfide) groups is 1. The summed E-state index contributed by atoms with van der Waals surface area (Å²) < 4.78 is 57.2. The van der Waals surface area contributed by atoms with Crippen LogP contribution in [0.25, 0.3) is 11.0 Å². The molecule has 4 rings (SSSR count). The van der Waals surface area contributed by atoms with Gasteiger partial charge in [-0.25, -0.2) is 9.37 Å². The number of hydrogen-bond acceptors (Lipinski definition) is 5. The Labute approximate surface area is 178 Å². The van der Waals surface area contributed by atoms with Crippen LogP contribution in [0.2, 0.25) is 0 Å². The molecular formula is C21H16F4N4OS. The molecule has 0 spiro atoms. The zero-order valence-corrected chi connectivity index (χ0v) is 16.9. The molecule has 31 heavy (non-hydrogen) atoms. The van der Waals surface area contributed by atoms with Gasteiger partial charge < -0.3 is 15.0 Å². The standard InChI is InChI=1S/C21H16F4N4OS/c1-30-15-7-12(22)6-14(8-15)27-13-2-3-17-18(9-13)29-20(28-17)11-31-16-4-5-26-19(10-16)21(23,24)25/h2-10,27H,11H2,1H3,(H,28,29). The molecular weight excluding hydrogens is 432 g/mol. The highest BCUT2D eigenvalue weighted by Gasteiger charge is 2.32. The van der Waals surface area contributed by atoms with E-state index in [1.54, 1.807) is 12.1 Å². The SMILES string of the molecule is COc1cc(F)cc(Nc2ccc3[nH]c(CSc4ccnc(C(F)(F)F)c4)nc3c2)c1. The first kappa shape index (κ1) is 21.0. The summed E-state index contributed by atoms with van der Waals surface area (Å²) in [6.45, 7) is 0. The number of methoxy groups -OCH3 is 1. The van der Waals surface area contributed by atoms with Crippen molar-refractivity contribution in [3.05, 3.63) is 72.1 Å². The average Bonchev–Trinajstić information content (AvgIpc) is 3.13. The van der Waals surface area contributed by atoms with Crippen LogP contribution in [0.3, 0.4) is 0 Å². The maximum atomic E-state index is 13.7. The number of ether oxygens (including phenoxy) is 1. The van der Waals surface area contributed by atoms with E-state index in [0.29, 0.717) is 39.1 Å². The first-order valence-corrected chi connectivity index (χ1v) is 10.0. The van der Waals surface area contributed by atoms with Gasteiger partial charge in [-0.05, 0) is 36.4 Å². The highest BCUT2D eigenvalue weighted by atomic mass is 32.2. The van der Waals surface area contributed by atoms with Crippen molar-refractivity contribution in [2.75, 3.05) is 12.4 Å². The number of H-pyrrole nitrogens is 1. The fourth-order valence-electron chi connectivity index (χ4n) is 2.93. The van der Waals surface area contributed by atoms with Crippen LogP contribution >= 0.6 is 11.8 Å². The molecule has 4 aromatic rings. The third kappa shape index (κ3) is 5.08. The minimum Gasteiger partial charge on any atom is -0.497 e. The molecule has 160 valence electrons. The summed E-state index contributed by atoms with van der Waals surface area (Å²) >= 11 is 1.23. The fraction of sp³-hybridized carbons (Fsp3) is 0.143. The molecule has 0 aliphatic carbocycles. The highest BCUT2D eigenvalue weighted by molar-refractivity contribution is 7.98. The third-order valence-electron chi connectivity index (χ3n) is 4.33. The van der Waals surface area contributed by atoms with Crippen LogP contribution in [0, 0.1) is 5.82 Å². The molecule has 0 aliphatic heterocycles. The van der Waals surface area contributed by atoms with Crippen molar-refractivity contribution in [2.45, 2.75) is 16.8 Å². The Morgan fingerprint density at radius 1 is 1.06 bits per heavy atom. The molecule has 0 saturated carbocycles. The van der Waals surface area contributed by atoms with Crippen LogP contribution < -0.4 is 10.1 Å². The van der Waals surface area contributed by atoms with Crippen molar-refractivity contribution < 1.29 is 22.3 Å². The highest BCUT2D eigenvalue weighted by Crippen LogP contribution is 2.31. The number of benzene rings is 2. The van der Waals surface area contributed by atoms with Crippen LogP contribution in [0.4, 0.5) is 28.9 Å². The number of nitrogens with one attached hydrogen (secondary N) is 2. The Balaban J connectivity index is 1.49. The van der Waals surface area contributed by atoms with E-state index in [-0.39, 0.29) is 0 Å². The molecule has 0 atom stereocenters. The van der Waals surface area contributed by atoms with Gasteiger partial charge in [0.25, 0.3) is 0 Å². The van der Waals surface area contributed by atoms with Crippen molar-refractivity contribution >= 4 is 34.2 Å². The molecule has 0 aliphatic rings. The van der Waals surface area contributed by atoms with E-state index in [9.17, 15) is 17.6 Å². The van der Waals surface area contributed by atoms with E-state index in [1.165, 1.54) is 37.1 Å².